The van der Waals surface area contributed by atoms with Crippen LogP contribution in [0.15, 0.2) is 23.1 Å². The Labute approximate surface area is 152 Å². The zero-order valence-electron chi connectivity index (χ0n) is 13.7. The fourth-order valence-corrected chi connectivity index (χ4v) is 4.02. The summed E-state index contributed by atoms with van der Waals surface area (Å²) in [5.74, 6) is -1.64. The van der Waals surface area contributed by atoms with E-state index in [1.807, 2.05) is 0 Å². The normalized spacial score (nSPS) is 16.3. The number of carbonyl (C=O) groups is 1. The van der Waals surface area contributed by atoms with E-state index in [-0.39, 0.29) is 42.6 Å². The van der Waals surface area contributed by atoms with Crippen LogP contribution in [-0.4, -0.2) is 63.3 Å². The van der Waals surface area contributed by atoms with Crippen LogP contribution >= 0.6 is 11.8 Å². The molecular weight excluding hydrogens is 397 g/mol. The van der Waals surface area contributed by atoms with Crippen molar-refractivity contribution in [2.24, 2.45) is 0 Å². The average Bonchev–Trinajstić information content (AvgIpc) is 2.60. The SMILES string of the molecule is COc1ccc(S(=O)(=O)N2CCOCC2)cc1NC(=O)CSC(F)(F)F. The first-order valence-corrected chi connectivity index (χ1v) is 9.82. The second-order valence-electron chi connectivity index (χ2n) is 5.16. The molecule has 1 amide bonds. The van der Waals surface area contributed by atoms with Gasteiger partial charge >= 0.3 is 5.51 Å². The fraction of sp³-hybridized carbons (Fsp3) is 0.500. The Balaban J connectivity index is 2.21. The van der Waals surface area contributed by atoms with Crippen molar-refractivity contribution >= 4 is 33.4 Å². The predicted molar refractivity (Wildman–Crippen MR) is 89.7 cm³/mol. The minimum absolute atomic E-state index is 0.0189. The lowest BCUT2D eigenvalue weighted by Crippen LogP contribution is -2.40. The number of nitrogens with zero attached hydrogens (tertiary/aromatic N) is 1. The van der Waals surface area contributed by atoms with E-state index in [0.29, 0.717) is 0 Å². The van der Waals surface area contributed by atoms with Gasteiger partial charge in [0.2, 0.25) is 15.9 Å². The number of anilines is 1. The molecule has 1 N–H and O–H groups in total. The number of amides is 1. The molecule has 1 heterocycles. The quantitative estimate of drug-likeness (QED) is 0.766. The molecule has 0 radical (unpaired) electrons. The number of methoxy groups -OCH3 is 1. The molecular formula is C14H17F3N2O5S2. The highest BCUT2D eigenvalue weighted by atomic mass is 32.2. The molecule has 0 spiro atoms. The van der Waals surface area contributed by atoms with Gasteiger partial charge in [-0.1, -0.05) is 0 Å². The van der Waals surface area contributed by atoms with E-state index < -0.39 is 39.0 Å². The molecule has 1 saturated heterocycles. The molecule has 7 nitrogen and oxygen atoms in total. The van der Waals surface area contributed by atoms with Crippen molar-refractivity contribution in [2.45, 2.75) is 10.4 Å². The van der Waals surface area contributed by atoms with Gasteiger partial charge in [-0.25, -0.2) is 8.42 Å². The first-order chi connectivity index (χ1) is 12.1. The molecule has 12 heteroatoms. The van der Waals surface area contributed by atoms with Gasteiger partial charge in [0.1, 0.15) is 5.75 Å². The van der Waals surface area contributed by atoms with Gasteiger partial charge < -0.3 is 14.8 Å². The monoisotopic (exact) mass is 414 g/mol. The third-order valence-corrected chi connectivity index (χ3v) is 6.05. The van der Waals surface area contributed by atoms with Gasteiger partial charge in [0.25, 0.3) is 0 Å². The van der Waals surface area contributed by atoms with Crippen LogP contribution in [0.1, 0.15) is 0 Å². The first-order valence-electron chi connectivity index (χ1n) is 7.40. The minimum atomic E-state index is -4.54. The van der Waals surface area contributed by atoms with E-state index in [1.165, 1.54) is 29.6 Å². The molecule has 2 rings (SSSR count). The predicted octanol–water partition coefficient (Wildman–Crippen LogP) is 1.91. The molecule has 26 heavy (non-hydrogen) atoms. The maximum atomic E-state index is 12.6. The number of thioether (sulfide) groups is 1. The maximum Gasteiger partial charge on any atom is 0.442 e. The van der Waals surface area contributed by atoms with Crippen molar-refractivity contribution in [3.05, 3.63) is 18.2 Å². The molecule has 0 aromatic heterocycles. The van der Waals surface area contributed by atoms with E-state index in [9.17, 15) is 26.4 Å². The molecule has 1 aliphatic rings. The summed E-state index contributed by atoms with van der Waals surface area (Å²) in [5, 5.41) is 2.26. The standard InChI is InChI=1S/C14H17F3N2O5S2/c1-23-12-3-2-10(26(21,22)19-4-6-24-7-5-19)8-11(12)18-13(20)9-25-14(15,16)17/h2-3,8H,4-7,9H2,1H3,(H,18,20). The van der Waals surface area contributed by atoms with Gasteiger partial charge in [-0.15, -0.1) is 0 Å². The van der Waals surface area contributed by atoms with Gasteiger partial charge in [0.15, 0.2) is 0 Å². The summed E-state index contributed by atoms with van der Waals surface area (Å²) in [6.07, 6.45) is 0. The van der Waals surface area contributed by atoms with Crippen LogP contribution in [0.3, 0.4) is 0 Å². The summed E-state index contributed by atoms with van der Waals surface area (Å²) < 4.78 is 73.3. The van der Waals surface area contributed by atoms with Crippen molar-refractivity contribution in [2.75, 3.05) is 44.5 Å². The smallest absolute Gasteiger partial charge is 0.442 e. The molecule has 1 aromatic carbocycles. The number of nitrogens with one attached hydrogen (secondary N) is 1. The van der Waals surface area contributed by atoms with Crippen LogP contribution in [0.2, 0.25) is 0 Å². The maximum absolute atomic E-state index is 12.6. The van der Waals surface area contributed by atoms with Gasteiger partial charge in [-0.05, 0) is 30.0 Å². The Bertz CT molecular complexity index is 749. The summed E-state index contributed by atoms with van der Waals surface area (Å²) in [6, 6.07) is 3.81. The van der Waals surface area contributed by atoms with Crippen molar-refractivity contribution in [1.29, 1.82) is 0 Å². The number of sulfonamides is 1. The number of halogens is 3. The topological polar surface area (TPSA) is 84.9 Å². The number of morpholine rings is 1. The first kappa shape index (κ1) is 20.8. The molecule has 0 unspecified atom stereocenters. The van der Waals surface area contributed by atoms with Crippen LogP contribution in [0, 0.1) is 0 Å². The summed E-state index contributed by atoms with van der Waals surface area (Å²) >= 11 is -0.486. The number of hydrogen-bond donors (Lipinski definition) is 1. The van der Waals surface area contributed by atoms with Crippen LogP contribution in [-0.2, 0) is 19.6 Å². The Hall–Kier alpha value is -1.50. The lowest BCUT2D eigenvalue weighted by atomic mass is 10.3. The molecule has 146 valence electrons. The zero-order chi connectivity index (χ0) is 19.4. The Morgan fingerprint density at radius 3 is 2.58 bits per heavy atom. The van der Waals surface area contributed by atoms with Crippen LogP contribution in [0.5, 0.6) is 5.75 Å². The summed E-state index contributed by atoms with van der Waals surface area (Å²) in [5.41, 5.74) is -4.56. The summed E-state index contributed by atoms with van der Waals surface area (Å²) in [6.45, 7) is 0.928. The molecule has 0 aliphatic carbocycles. The van der Waals surface area contributed by atoms with Crippen molar-refractivity contribution < 1.29 is 35.9 Å². The Morgan fingerprint density at radius 2 is 2.00 bits per heavy atom. The van der Waals surface area contributed by atoms with E-state index in [4.69, 9.17) is 9.47 Å². The highest BCUT2D eigenvalue weighted by Crippen LogP contribution is 2.32. The second kappa shape index (κ2) is 8.46. The number of ether oxygens (including phenoxy) is 2. The highest BCUT2D eigenvalue weighted by Gasteiger charge is 2.30. The summed E-state index contributed by atoms with van der Waals surface area (Å²) in [7, 11) is -2.52. The largest absolute Gasteiger partial charge is 0.495 e. The van der Waals surface area contributed by atoms with Crippen molar-refractivity contribution in [3.63, 3.8) is 0 Å². The van der Waals surface area contributed by atoms with Gasteiger partial charge in [0.05, 0.1) is 36.7 Å². The van der Waals surface area contributed by atoms with Crippen LogP contribution in [0.25, 0.3) is 0 Å². The lowest BCUT2D eigenvalue weighted by Gasteiger charge is -2.26. The van der Waals surface area contributed by atoms with E-state index in [2.05, 4.69) is 5.32 Å². The van der Waals surface area contributed by atoms with Gasteiger partial charge in [0, 0.05) is 13.1 Å². The number of benzene rings is 1. The molecule has 0 saturated carbocycles. The van der Waals surface area contributed by atoms with Gasteiger partial charge in [-0.3, -0.25) is 4.79 Å². The van der Waals surface area contributed by atoms with Crippen molar-refractivity contribution in [1.82, 2.24) is 4.31 Å². The second-order valence-corrected chi connectivity index (χ2v) is 8.14. The molecule has 0 bridgehead atoms. The van der Waals surface area contributed by atoms with E-state index in [1.54, 1.807) is 0 Å². The number of hydrogen-bond acceptors (Lipinski definition) is 6. The molecule has 1 fully saturated rings. The third kappa shape index (κ3) is 5.50. The van der Waals surface area contributed by atoms with E-state index >= 15 is 0 Å². The van der Waals surface area contributed by atoms with Crippen molar-refractivity contribution in [3.8, 4) is 5.75 Å². The highest BCUT2D eigenvalue weighted by molar-refractivity contribution is 8.00. The van der Waals surface area contributed by atoms with Crippen LogP contribution in [0.4, 0.5) is 18.9 Å². The van der Waals surface area contributed by atoms with Crippen LogP contribution < -0.4 is 10.1 Å². The zero-order valence-corrected chi connectivity index (χ0v) is 15.3. The van der Waals surface area contributed by atoms with Gasteiger partial charge in [-0.2, -0.15) is 17.5 Å². The third-order valence-electron chi connectivity index (χ3n) is 3.42. The number of rotatable bonds is 6. The minimum Gasteiger partial charge on any atom is -0.495 e. The molecule has 0 atom stereocenters. The Kier molecular flexibility index (Phi) is 6.77. The number of alkyl halides is 3. The molecule has 1 aliphatic heterocycles. The summed E-state index contributed by atoms with van der Waals surface area (Å²) in [4.78, 5) is 11.6. The van der Waals surface area contributed by atoms with E-state index in [0.717, 1.165) is 0 Å². The lowest BCUT2D eigenvalue weighted by molar-refractivity contribution is -0.114. The number of carbonyl (C=O) groups excluding carboxylic acids is 1. The Morgan fingerprint density at radius 1 is 1.35 bits per heavy atom. The average molecular weight is 414 g/mol. The fourth-order valence-electron chi connectivity index (χ4n) is 2.21. The molecule has 1 aromatic rings.